The lowest BCUT2D eigenvalue weighted by Gasteiger charge is -2.34. The third-order valence-electron chi connectivity index (χ3n) is 4.63. The van der Waals surface area contributed by atoms with Crippen LogP contribution in [-0.4, -0.2) is 38.4 Å². The fourth-order valence-electron chi connectivity index (χ4n) is 3.30. The van der Waals surface area contributed by atoms with Gasteiger partial charge in [0, 0.05) is 12.2 Å². The minimum Gasteiger partial charge on any atom is -0.330 e. The topological polar surface area (TPSA) is 98.5 Å². The predicted molar refractivity (Wildman–Crippen MR) is 92.2 cm³/mol. The molecule has 0 saturated heterocycles. The Kier molecular flexibility index (Phi) is 4.00. The van der Waals surface area contributed by atoms with Crippen molar-refractivity contribution in [3.8, 4) is 0 Å². The summed E-state index contributed by atoms with van der Waals surface area (Å²) in [5.74, 6) is -0.609. The minimum absolute atomic E-state index is 0.0373. The van der Waals surface area contributed by atoms with Gasteiger partial charge in [-0.2, -0.15) is 10.2 Å². The molecule has 1 amide bonds. The van der Waals surface area contributed by atoms with Crippen molar-refractivity contribution >= 4 is 17.1 Å². The number of aromatic nitrogens is 4. The summed E-state index contributed by atoms with van der Waals surface area (Å²) in [6, 6.07) is 5.91. The van der Waals surface area contributed by atoms with Gasteiger partial charge >= 0.3 is 0 Å². The van der Waals surface area contributed by atoms with Crippen LogP contribution in [0.25, 0.3) is 5.52 Å². The lowest BCUT2D eigenvalue weighted by molar-refractivity contribution is -0.119. The van der Waals surface area contributed by atoms with E-state index in [0.717, 1.165) is 10.2 Å². The number of rotatable bonds is 3. The average Bonchev–Trinajstić information content (AvgIpc) is 3.12. The van der Waals surface area contributed by atoms with Crippen LogP contribution in [0.2, 0.25) is 0 Å². The summed E-state index contributed by atoms with van der Waals surface area (Å²) in [6.07, 6.45) is 3.49. The fraction of sp³-hybridized carbons (Fsp3) is 0.294. The molecule has 1 aliphatic heterocycles. The van der Waals surface area contributed by atoms with Crippen molar-refractivity contribution in [2.75, 3.05) is 18.0 Å². The molecule has 2 aromatic heterocycles. The first-order valence-electron chi connectivity index (χ1n) is 8.25. The Hall–Kier alpha value is -3.07. The molecule has 9 heteroatoms. The molecule has 26 heavy (non-hydrogen) atoms. The Morgan fingerprint density at radius 1 is 1.31 bits per heavy atom. The van der Waals surface area contributed by atoms with Crippen LogP contribution in [-0.2, 0) is 17.8 Å². The predicted octanol–water partition coefficient (Wildman–Crippen LogP) is 0.194. The smallest absolute Gasteiger partial charge is 0.293 e. The molecule has 1 atom stereocenters. The molecule has 1 unspecified atom stereocenters. The minimum atomic E-state index is -0.398. The third-order valence-corrected chi connectivity index (χ3v) is 4.63. The largest absolute Gasteiger partial charge is 0.330 e. The maximum absolute atomic E-state index is 13.6. The van der Waals surface area contributed by atoms with Crippen molar-refractivity contribution in [1.29, 1.82) is 0 Å². The van der Waals surface area contributed by atoms with E-state index in [1.165, 1.54) is 29.2 Å². The fourth-order valence-corrected chi connectivity index (χ4v) is 3.30. The second kappa shape index (κ2) is 6.34. The van der Waals surface area contributed by atoms with Gasteiger partial charge in [0.1, 0.15) is 24.2 Å². The molecule has 0 fully saturated rings. The van der Waals surface area contributed by atoms with Crippen LogP contribution in [0.1, 0.15) is 5.56 Å². The van der Waals surface area contributed by atoms with Gasteiger partial charge in [-0.3, -0.25) is 9.59 Å². The molecule has 4 rings (SSSR count). The summed E-state index contributed by atoms with van der Waals surface area (Å²) >= 11 is 0. The van der Waals surface area contributed by atoms with Crippen LogP contribution in [0.15, 0.2) is 41.6 Å². The molecule has 0 saturated carbocycles. The summed E-state index contributed by atoms with van der Waals surface area (Å²) < 4.78 is 16.0. The van der Waals surface area contributed by atoms with E-state index in [1.54, 1.807) is 17.0 Å². The summed E-state index contributed by atoms with van der Waals surface area (Å²) in [4.78, 5) is 26.9. The number of hydrogen-bond donors (Lipinski definition) is 1. The first kappa shape index (κ1) is 16.4. The van der Waals surface area contributed by atoms with Crippen molar-refractivity contribution in [2.24, 2.45) is 11.7 Å². The van der Waals surface area contributed by atoms with Gasteiger partial charge < -0.3 is 10.6 Å². The number of fused-ring (bicyclic) bond motifs is 2. The van der Waals surface area contributed by atoms with Crippen molar-refractivity contribution < 1.29 is 9.18 Å². The highest BCUT2D eigenvalue weighted by Gasteiger charge is 2.28. The van der Waals surface area contributed by atoms with Gasteiger partial charge in [-0.1, -0.05) is 0 Å². The number of benzene rings is 1. The number of amides is 1. The Morgan fingerprint density at radius 2 is 2.15 bits per heavy atom. The van der Waals surface area contributed by atoms with Gasteiger partial charge in [0.05, 0.1) is 6.20 Å². The highest BCUT2D eigenvalue weighted by molar-refractivity contribution is 5.94. The lowest BCUT2D eigenvalue weighted by Crippen LogP contribution is -2.45. The zero-order valence-corrected chi connectivity index (χ0v) is 13.9. The first-order chi connectivity index (χ1) is 12.6. The second-order valence-corrected chi connectivity index (χ2v) is 6.34. The van der Waals surface area contributed by atoms with E-state index >= 15 is 0 Å². The van der Waals surface area contributed by atoms with Gasteiger partial charge in [0.15, 0.2) is 0 Å². The van der Waals surface area contributed by atoms with E-state index < -0.39 is 5.56 Å². The standard InChI is InChI=1S/C17H17FN6O2/c18-13-1-2-14-12(6-13)5-11(7-19)8-22(14)16(25)9-23-17(26)15-3-4-20-24(15)10-21-23/h1-4,6,10-11H,5,7-9,19H2. The number of hydrogen-bond acceptors (Lipinski definition) is 5. The summed E-state index contributed by atoms with van der Waals surface area (Å²) in [7, 11) is 0. The number of carbonyl (C=O) groups excluding carboxylic acids is 1. The van der Waals surface area contributed by atoms with E-state index in [1.807, 2.05) is 0 Å². The van der Waals surface area contributed by atoms with Gasteiger partial charge in [-0.15, -0.1) is 0 Å². The SMILES string of the molecule is NCC1Cc2cc(F)ccc2N(C(=O)Cn2ncn3nccc3c2=O)C1. The number of carbonyl (C=O) groups is 1. The van der Waals surface area contributed by atoms with Crippen molar-refractivity contribution in [3.63, 3.8) is 0 Å². The second-order valence-electron chi connectivity index (χ2n) is 6.34. The van der Waals surface area contributed by atoms with E-state index in [9.17, 15) is 14.0 Å². The Bertz CT molecular complexity index is 1040. The molecular weight excluding hydrogens is 339 g/mol. The summed E-state index contributed by atoms with van der Waals surface area (Å²) in [5, 5.41) is 7.94. The third kappa shape index (κ3) is 2.76. The maximum atomic E-state index is 13.6. The highest BCUT2D eigenvalue weighted by atomic mass is 19.1. The van der Waals surface area contributed by atoms with Crippen LogP contribution in [0.5, 0.6) is 0 Å². The Labute approximate surface area is 147 Å². The molecule has 1 aliphatic rings. The first-order valence-corrected chi connectivity index (χ1v) is 8.25. The number of anilines is 1. The van der Waals surface area contributed by atoms with Gasteiger partial charge in [-0.25, -0.2) is 13.6 Å². The van der Waals surface area contributed by atoms with Crippen LogP contribution >= 0.6 is 0 Å². The molecule has 3 aromatic rings. The quantitative estimate of drug-likeness (QED) is 0.723. The summed E-state index contributed by atoms with van der Waals surface area (Å²) in [6.45, 7) is 0.603. The number of nitrogens with zero attached hydrogens (tertiary/aromatic N) is 5. The molecule has 0 aliphatic carbocycles. The Morgan fingerprint density at radius 3 is 2.96 bits per heavy atom. The van der Waals surface area contributed by atoms with Crippen molar-refractivity contribution in [3.05, 3.63) is 58.5 Å². The Balaban J connectivity index is 1.67. The number of halogens is 1. The molecule has 0 radical (unpaired) electrons. The highest BCUT2D eigenvalue weighted by Crippen LogP contribution is 2.30. The molecule has 134 valence electrons. The van der Waals surface area contributed by atoms with E-state index in [0.29, 0.717) is 30.7 Å². The molecule has 2 N–H and O–H groups in total. The molecule has 0 spiro atoms. The van der Waals surface area contributed by atoms with Gasteiger partial charge in [0.25, 0.3) is 5.56 Å². The zero-order chi connectivity index (χ0) is 18.3. The van der Waals surface area contributed by atoms with Crippen LogP contribution in [0.4, 0.5) is 10.1 Å². The van der Waals surface area contributed by atoms with Gasteiger partial charge in [-0.05, 0) is 48.7 Å². The van der Waals surface area contributed by atoms with E-state index in [4.69, 9.17) is 5.73 Å². The van der Waals surface area contributed by atoms with E-state index in [2.05, 4.69) is 10.2 Å². The van der Waals surface area contributed by atoms with Gasteiger partial charge in [0.2, 0.25) is 5.91 Å². The van der Waals surface area contributed by atoms with E-state index in [-0.39, 0.29) is 24.2 Å². The molecular formula is C17H17FN6O2. The zero-order valence-electron chi connectivity index (χ0n) is 13.9. The molecule has 0 bridgehead atoms. The number of nitrogens with two attached hydrogens (primary N) is 1. The van der Waals surface area contributed by atoms with Crippen LogP contribution in [0.3, 0.4) is 0 Å². The molecule has 8 nitrogen and oxygen atoms in total. The molecule has 3 heterocycles. The van der Waals surface area contributed by atoms with Crippen molar-refractivity contribution in [1.82, 2.24) is 19.4 Å². The van der Waals surface area contributed by atoms with Crippen LogP contribution < -0.4 is 16.2 Å². The molecule has 1 aromatic carbocycles. The van der Waals surface area contributed by atoms with Crippen LogP contribution in [0, 0.1) is 11.7 Å². The maximum Gasteiger partial charge on any atom is 0.293 e. The normalized spacial score (nSPS) is 16.7. The monoisotopic (exact) mass is 356 g/mol. The lowest BCUT2D eigenvalue weighted by atomic mass is 9.92. The van der Waals surface area contributed by atoms with Crippen molar-refractivity contribution in [2.45, 2.75) is 13.0 Å². The summed E-state index contributed by atoms with van der Waals surface area (Å²) in [5.41, 5.74) is 7.12. The average molecular weight is 356 g/mol.